The van der Waals surface area contributed by atoms with Gasteiger partial charge in [-0.1, -0.05) is 41.9 Å². The summed E-state index contributed by atoms with van der Waals surface area (Å²) in [6, 6.07) is 22.6. The first-order valence-corrected chi connectivity index (χ1v) is 11.6. The van der Waals surface area contributed by atoms with Crippen LogP contribution in [-0.4, -0.2) is 30.9 Å². The van der Waals surface area contributed by atoms with E-state index < -0.39 is 9.84 Å². The molecule has 31 heavy (non-hydrogen) atoms. The van der Waals surface area contributed by atoms with Gasteiger partial charge in [-0.3, -0.25) is 4.79 Å². The Kier molecular flexibility index (Phi) is 5.80. The number of likely N-dealkylation sites (N-methyl/N-ethyl adjacent to an activating group) is 1. The number of anilines is 1. The third kappa shape index (κ3) is 4.47. The van der Waals surface area contributed by atoms with Crippen LogP contribution in [0.25, 0.3) is 11.0 Å². The number of carbonyl (C=O) groups excluding carboxylic acids is 1. The van der Waals surface area contributed by atoms with Crippen LogP contribution >= 0.6 is 11.6 Å². The number of para-hydroxylation sites is 3. The second-order valence-corrected chi connectivity index (χ2v) is 9.53. The Bertz CT molecular complexity index is 1330. The zero-order valence-corrected chi connectivity index (χ0v) is 18.3. The van der Waals surface area contributed by atoms with Gasteiger partial charge in [0.05, 0.1) is 15.9 Å². The Morgan fingerprint density at radius 3 is 2.32 bits per heavy atom. The topological polar surface area (TPSA) is 72.3 Å². The first kappa shape index (κ1) is 21.1. The highest BCUT2D eigenvalue weighted by atomic mass is 35.5. The molecule has 4 aromatic rings. The van der Waals surface area contributed by atoms with E-state index in [4.69, 9.17) is 11.6 Å². The van der Waals surface area contributed by atoms with Crippen molar-refractivity contribution in [2.75, 3.05) is 11.9 Å². The number of hydrogen-bond acceptors (Lipinski definition) is 4. The van der Waals surface area contributed by atoms with E-state index in [0.717, 1.165) is 5.69 Å². The molecule has 8 heteroatoms. The molecular weight excluding hydrogens is 434 g/mol. The molecule has 0 aliphatic rings. The molecule has 0 aliphatic carbocycles. The van der Waals surface area contributed by atoms with Crippen LogP contribution in [0.2, 0.25) is 5.02 Å². The summed E-state index contributed by atoms with van der Waals surface area (Å²) in [5.41, 5.74) is 2.10. The van der Waals surface area contributed by atoms with Crippen molar-refractivity contribution in [2.45, 2.75) is 17.2 Å². The SMILES string of the molecule is CN(C(=O)Cn1c(CS(=O)(=O)c2ccc(Cl)cc2)nc2ccccc21)c1ccccc1. The molecule has 0 aliphatic heterocycles. The molecule has 1 amide bonds. The van der Waals surface area contributed by atoms with E-state index >= 15 is 0 Å². The third-order valence-corrected chi connectivity index (χ3v) is 6.92. The number of halogens is 1. The molecule has 1 heterocycles. The predicted molar refractivity (Wildman–Crippen MR) is 122 cm³/mol. The van der Waals surface area contributed by atoms with Crippen molar-refractivity contribution in [1.82, 2.24) is 9.55 Å². The van der Waals surface area contributed by atoms with Crippen LogP contribution in [0.15, 0.2) is 83.8 Å². The van der Waals surface area contributed by atoms with Crippen LogP contribution in [0.3, 0.4) is 0 Å². The Morgan fingerprint density at radius 1 is 0.968 bits per heavy atom. The molecule has 4 rings (SSSR count). The molecule has 0 atom stereocenters. The lowest BCUT2D eigenvalue weighted by Crippen LogP contribution is -2.30. The minimum absolute atomic E-state index is 0.0304. The highest BCUT2D eigenvalue weighted by Gasteiger charge is 2.23. The summed E-state index contributed by atoms with van der Waals surface area (Å²) in [6.45, 7) is -0.0304. The highest BCUT2D eigenvalue weighted by Crippen LogP contribution is 2.23. The molecule has 3 aromatic carbocycles. The van der Waals surface area contributed by atoms with E-state index in [2.05, 4.69) is 4.98 Å². The maximum Gasteiger partial charge on any atom is 0.246 e. The van der Waals surface area contributed by atoms with Crippen LogP contribution in [-0.2, 0) is 26.9 Å². The molecule has 1 aromatic heterocycles. The van der Waals surface area contributed by atoms with Crippen LogP contribution < -0.4 is 4.90 Å². The molecule has 158 valence electrons. The zero-order chi connectivity index (χ0) is 22.0. The number of amides is 1. The molecule has 0 saturated heterocycles. The van der Waals surface area contributed by atoms with Gasteiger partial charge in [0.2, 0.25) is 5.91 Å². The second kappa shape index (κ2) is 8.53. The van der Waals surface area contributed by atoms with Gasteiger partial charge >= 0.3 is 0 Å². The van der Waals surface area contributed by atoms with Crippen molar-refractivity contribution >= 4 is 44.1 Å². The summed E-state index contributed by atoms with van der Waals surface area (Å²) in [6.07, 6.45) is 0. The van der Waals surface area contributed by atoms with Crippen molar-refractivity contribution in [3.63, 3.8) is 0 Å². The molecule has 0 unspecified atom stereocenters. The number of fused-ring (bicyclic) bond motifs is 1. The van der Waals surface area contributed by atoms with Gasteiger partial charge in [-0.25, -0.2) is 13.4 Å². The Morgan fingerprint density at radius 2 is 1.61 bits per heavy atom. The minimum atomic E-state index is -3.68. The smallest absolute Gasteiger partial charge is 0.246 e. The number of rotatable bonds is 6. The number of nitrogens with zero attached hydrogens (tertiary/aromatic N) is 3. The molecule has 0 saturated carbocycles. The number of hydrogen-bond donors (Lipinski definition) is 0. The fourth-order valence-corrected chi connectivity index (χ4v) is 4.75. The van der Waals surface area contributed by atoms with E-state index in [1.165, 1.54) is 24.3 Å². The lowest BCUT2D eigenvalue weighted by molar-refractivity contribution is -0.118. The van der Waals surface area contributed by atoms with E-state index in [1.807, 2.05) is 48.5 Å². The summed E-state index contributed by atoms with van der Waals surface area (Å²) < 4.78 is 27.7. The number of carbonyl (C=O) groups is 1. The first-order chi connectivity index (χ1) is 14.8. The largest absolute Gasteiger partial charge is 0.318 e. The average molecular weight is 454 g/mol. The Hall–Kier alpha value is -3.16. The molecule has 0 fully saturated rings. The maximum atomic E-state index is 13.0. The van der Waals surface area contributed by atoms with Crippen molar-refractivity contribution < 1.29 is 13.2 Å². The summed E-state index contributed by atoms with van der Waals surface area (Å²) in [5.74, 6) is -0.198. The Balaban J connectivity index is 1.69. The normalized spacial score (nSPS) is 11.5. The zero-order valence-electron chi connectivity index (χ0n) is 16.8. The van der Waals surface area contributed by atoms with E-state index in [1.54, 1.807) is 22.6 Å². The van der Waals surface area contributed by atoms with Gasteiger partial charge in [-0.05, 0) is 48.5 Å². The van der Waals surface area contributed by atoms with Gasteiger partial charge in [-0.2, -0.15) is 0 Å². The van der Waals surface area contributed by atoms with E-state index in [-0.39, 0.29) is 23.1 Å². The summed E-state index contributed by atoms with van der Waals surface area (Å²) in [7, 11) is -1.98. The molecule has 0 bridgehead atoms. The number of sulfone groups is 1. The minimum Gasteiger partial charge on any atom is -0.318 e. The number of aromatic nitrogens is 2. The van der Waals surface area contributed by atoms with Gasteiger partial charge in [0.15, 0.2) is 9.84 Å². The van der Waals surface area contributed by atoms with Gasteiger partial charge in [0.25, 0.3) is 0 Å². The summed E-state index contributed by atoms with van der Waals surface area (Å²) in [5, 5.41) is 0.459. The van der Waals surface area contributed by atoms with Crippen molar-refractivity contribution in [3.8, 4) is 0 Å². The second-order valence-electron chi connectivity index (χ2n) is 7.10. The maximum absolute atomic E-state index is 13.0. The molecule has 0 spiro atoms. The van der Waals surface area contributed by atoms with Crippen molar-refractivity contribution in [1.29, 1.82) is 0 Å². The monoisotopic (exact) mass is 453 g/mol. The van der Waals surface area contributed by atoms with Gasteiger partial charge < -0.3 is 9.47 Å². The van der Waals surface area contributed by atoms with Gasteiger partial charge in [-0.15, -0.1) is 0 Å². The van der Waals surface area contributed by atoms with Crippen LogP contribution in [0.1, 0.15) is 5.82 Å². The van der Waals surface area contributed by atoms with Crippen LogP contribution in [0.4, 0.5) is 5.69 Å². The van der Waals surface area contributed by atoms with Crippen molar-refractivity contribution in [2.24, 2.45) is 0 Å². The molecule has 6 nitrogen and oxygen atoms in total. The van der Waals surface area contributed by atoms with Crippen LogP contribution in [0, 0.1) is 0 Å². The van der Waals surface area contributed by atoms with E-state index in [0.29, 0.717) is 21.9 Å². The molecule has 0 radical (unpaired) electrons. The fraction of sp³-hybridized carbons (Fsp3) is 0.130. The first-order valence-electron chi connectivity index (χ1n) is 9.59. The molecular formula is C23H20ClN3O3S. The Labute approximate surface area is 185 Å². The molecule has 0 N–H and O–H groups in total. The average Bonchev–Trinajstić information content (AvgIpc) is 3.10. The third-order valence-electron chi connectivity index (χ3n) is 5.04. The predicted octanol–water partition coefficient (Wildman–Crippen LogP) is 4.33. The quantitative estimate of drug-likeness (QED) is 0.435. The number of imidazole rings is 1. The van der Waals surface area contributed by atoms with Gasteiger partial charge in [0.1, 0.15) is 18.1 Å². The fourth-order valence-electron chi connectivity index (χ4n) is 3.34. The van der Waals surface area contributed by atoms with Crippen molar-refractivity contribution in [3.05, 3.63) is 89.7 Å². The highest BCUT2D eigenvalue weighted by molar-refractivity contribution is 7.90. The lowest BCUT2D eigenvalue weighted by atomic mass is 10.3. The summed E-state index contributed by atoms with van der Waals surface area (Å²) >= 11 is 5.88. The summed E-state index contributed by atoms with van der Waals surface area (Å²) in [4.78, 5) is 19.2. The van der Waals surface area contributed by atoms with E-state index in [9.17, 15) is 13.2 Å². The number of benzene rings is 3. The lowest BCUT2D eigenvalue weighted by Gasteiger charge is -2.18. The standard InChI is InChI=1S/C23H20ClN3O3S/c1-26(18-7-3-2-4-8-18)23(28)15-27-21-10-6-5-9-20(21)25-22(27)16-31(29,30)19-13-11-17(24)12-14-19/h2-14H,15-16H2,1H3. The van der Waals surface area contributed by atoms with Gasteiger partial charge in [0, 0.05) is 17.8 Å². The van der Waals surface area contributed by atoms with Crippen LogP contribution in [0.5, 0.6) is 0 Å².